The fourth-order valence-corrected chi connectivity index (χ4v) is 4.92. The standard InChI is InChI=1S/C19H19Cl2NO/c1-22(2)10-19-16-6-4-11(20)7-15(16)14(9-18(19)23)13-5-3-12(21)8-17(13)19/h3-8,14,18,23H,9-10H2,1-2H3. The van der Waals surface area contributed by atoms with Gasteiger partial charge in [-0.2, -0.15) is 0 Å². The van der Waals surface area contributed by atoms with Crippen LogP contribution in [0.2, 0.25) is 10.0 Å². The molecule has 2 aromatic rings. The van der Waals surface area contributed by atoms with Gasteiger partial charge in [0.15, 0.2) is 0 Å². The number of fused-ring (bicyclic) bond motifs is 1. The third-order valence-corrected chi connectivity index (χ3v) is 5.80. The van der Waals surface area contributed by atoms with Crippen molar-refractivity contribution in [3.05, 3.63) is 68.7 Å². The molecule has 0 aliphatic heterocycles. The number of likely N-dealkylation sites (N-methyl/N-ethyl adjacent to an activating group) is 1. The molecule has 0 saturated carbocycles. The van der Waals surface area contributed by atoms with E-state index in [4.69, 9.17) is 23.2 Å². The van der Waals surface area contributed by atoms with E-state index in [9.17, 15) is 5.11 Å². The van der Waals surface area contributed by atoms with E-state index in [0.717, 1.165) is 28.6 Å². The van der Waals surface area contributed by atoms with Crippen LogP contribution in [0.15, 0.2) is 36.4 Å². The van der Waals surface area contributed by atoms with Crippen LogP contribution in [0.5, 0.6) is 0 Å². The lowest BCUT2D eigenvalue weighted by Gasteiger charge is -2.53. The number of hydrogen-bond acceptors (Lipinski definition) is 2. The van der Waals surface area contributed by atoms with Gasteiger partial charge in [-0.15, -0.1) is 0 Å². The molecule has 0 spiro atoms. The van der Waals surface area contributed by atoms with Crippen molar-refractivity contribution in [3.8, 4) is 0 Å². The normalized spacial score (nSPS) is 27.9. The van der Waals surface area contributed by atoms with E-state index in [2.05, 4.69) is 23.1 Å². The Labute approximate surface area is 146 Å². The van der Waals surface area contributed by atoms with Crippen LogP contribution < -0.4 is 0 Å². The molecule has 1 N–H and O–H groups in total. The third-order valence-electron chi connectivity index (χ3n) is 5.33. The maximum atomic E-state index is 11.0. The zero-order chi connectivity index (χ0) is 16.4. The van der Waals surface area contributed by atoms with Gasteiger partial charge in [0.1, 0.15) is 0 Å². The molecule has 0 amide bonds. The van der Waals surface area contributed by atoms with Gasteiger partial charge in [-0.05, 0) is 67.0 Å². The quantitative estimate of drug-likeness (QED) is 0.885. The summed E-state index contributed by atoms with van der Waals surface area (Å²) in [4.78, 5) is 2.14. The minimum atomic E-state index is -0.446. The molecule has 5 rings (SSSR count). The van der Waals surface area contributed by atoms with E-state index in [1.165, 1.54) is 16.7 Å². The second kappa shape index (κ2) is 5.22. The molecule has 120 valence electrons. The molecule has 0 aromatic heterocycles. The molecule has 2 nitrogen and oxygen atoms in total. The Balaban J connectivity index is 2.06. The summed E-state index contributed by atoms with van der Waals surface area (Å²) in [6.45, 7) is 0.739. The number of aliphatic hydroxyl groups is 1. The number of hydrogen-bond donors (Lipinski definition) is 1. The smallest absolute Gasteiger partial charge is 0.0699 e. The summed E-state index contributed by atoms with van der Waals surface area (Å²) in [7, 11) is 4.09. The minimum absolute atomic E-state index is 0.190. The number of nitrogens with zero attached hydrogens (tertiary/aromatic N) is 1. The average molecular weight is 348 g/mol. The second-order valence-corrected chi connectivity index (χ2v) is 7.85. The molecule has 0 heterocycles. The summed E-state index contributed by atoms with van der Waals surface area (Å²) in [6.07, 6.45) is 0.310. The van der Waals surface area contributed by atoms with Gasteiger partial charge < -0.3 is 10.0 Å². The maximum absolute atomic E-state index is 11.0. The highest BCUT2D eigenvalue weighted by Crippen LogP contribution is 2.57. The minimum Gasteiger partial charge on any atom is -0.392 e. The lowest BCUT2D eigenvalue weighted by molar-refractivity contribution is 0.0533. The summed E-state index contributed by atoms with van der Waals surface area (Å²) in [6, 6.07) is 12.2. The molecule has 0 radical (unpaired) electrons. The van der Waals surface area contributed by atoms with Crippen LogP contribution in [0.3, 0.4) is 0 Å². The van der Waals surface area contributed by atoms with Gasteiger partial charge in [-0.1, -0.05) is 35.3 Å². The van der Waals surface area contributed by atoms with Crippen molar-refractivity contribution in [2.75, 3.05) is 20.6 Å². The Kier molecular flexibility index (Phi) is 3.51. The summed E-state index contributed by atoms with van der Waals surface area (Å²) >= 11 is 12.6. The molecule has 2 bridgehead atoms. The van der Waals surface area contributed by atoms with Crippen LogP contribution in [0, 0.1) is 0 Å². The van der Waals surface area contributed by atoms with E-state index < -0.39 is 11.5 Å². The topological polar surface area (TPSA) is 23.5 Å². The van der Waals surface area contributed by atoms with E-state index in [0.29, 0.717) is 0 Å². The summed E-state index contributed by atoms with van der Waals surface area (Å²) in [5.74, 6) is 0.190. The zero-order valence-corrected chi connectivity index (χ0v) is 14.7. The largest absolute Gasteiger partial charge is 0.392 e. The molecular weight excluding hydrogens is 329 g/mol. The molecule has 0 fully saturated rings. The first-order valence-corrected chi connectivity index (χ1v) is 8.61. The van der Waals surface area contributed by atoms with Crippen molar-refractivity contribution < 1.29 is 5.11 Å². The predicted octanol–water partition coefficient (Wildman–Crippen LogP) is 4.05. The predicted molar refractivity (Wildman–Crippen MR) is 94.7 cm³/mol. The van der Waals surface area contributed by atoms with Gasteiger partial charge in [-0.3, -0.25) is 0 Å². The van der Waals surface area contributed by atoms with Crippen molar-refractivity contribution in [1.29, 1.82) is 0 Å². The van der Waals surface area contributed by atoms with Crippen molar-refractivity contribution in [2.45, 2.75) is 23.9 Å². The zero-order valence-electron chi connectivity index (χ0n) is 13.2. The lowest BCUT2D eigenvalue weighted by Crippen LogP contribution is -2.55. The van der Waals surface area contributed by atoms with Gasteiger partial charge in [0.05, 0.1) is 11.5 Å². The molecule has 3 aliphatic carbocycles. The molecule has 23 heavy (non-hydrogen) atoms. The number of rotatable bonds is 2. The van der Waals surface area contributed by atoms with Crippen molar-refractivity contribution in [1.82, 2.24) is 4.90 Å². The fourth-order valence-electron chi connectivity index (χ4n) is 4.57. The van der Waals surface area contributed by atoms with E-state index in [-0.39, 0.29) is 5.92 Å². The number of halogens is 2. The Hall–Kier alpha value is -1.06. The van der Waals surface area contributed by atoms with Crippen molar-refractivity contribution in [2.24, 2.45) is 0 Å². The van der Waals surface area contributed by atoms with Crippen LogP contribution >= 0.6 is 23.2 Å². The molecular formula is C19H19Cl2NO. The van der Waals surface area contributed by atoms with E-state index in [1.54, 1.807) is 0 Å². The Morgan fingerprint density at radius 1 is 1.04 bits per heavy atom. The van der Waals surface area contributed by atoms with Crippen LogP contribution in [-0.4, -0.2) is 36.8 Å². The lowest BCUT2D eigenvalue weighted by atomic mass is 9.53. The average Bonchev–Trinajstić information content (AvgIpc) is 2.48. The Morgan fingerprint density at radius 3 is 2.48 bits per heavy atom. The SMILES string of the molecule is CN(C)CC12c3ccc(Cl)cc3C(CC1O)c1ccc(Cl)cc12. The van der Waals surface area contributed by atoms with Crippen molar-refractivity contribution in [3.63, 3.8) is 0 Å². The number of aliphatic hydroxyl groups excluding tert-OH is 1. The summed E-state index contributed by atoms with van der Waals surface area (Å²) in [5, 5.41) is 12.5. The summed E-state index contributed by atoms with van der Waals surface area (Å²) < 4.78 is 0. The maximum Gasteiger partial charge on any atom is 0.0699 e. The number of benzene rings is 2. The van der Waals surface area contributed by atoms with Gasteiger partial charge >= 0.3 is 0 Å². The van der Waals surface area contributed by atoms with Crippen LogP contribution in [0.25, 0.3) is 0 Å². The molecule has 3 aliphatic rings. The molecule has 0 saturated heterocycles. The Bertz CT molecular complexity index is 789. The van der Waals surface area contributed by atoms with Crippen LogP contribution in [0.1, 0.15) is 34.6 Å². The fraction of sp³-hybridized carbons (Fsp3) is 0.368. The highest BCUT2D eigenvalue weighted by Gasteiger charge is 2.54. The molecule has 3 atom stereocenters. The van der Waals surface area contributed by atoms with Gasteiger partial charge in [0.25, 0.3) is 0 Å². The van der Waals surface area contributed by atoms with Gasteiger partial charge in [-0.25, -0.2) is 0 Å². The van der Waals surface area contributed by atoms with Crippen molar-refractivity contribution >= 4 is 23.2 Å². The first-order valence-electron chi connectivity index (χ1n) is 7.86. The molecule has 4 heteroatoms. The van der Waals surface area contributed by atoms with E-state index in [1.807, 2.05) is 32.3 Å². The summed E-state index contributed by atoms with van der Waals surface area (Å²) in [5.41, 5.74) is 4.43. The molecule has 2 aromatic carbocycles. The van der Waals surface area contributed by atoms with Gasteiger partial charge in [0, 0.05) is 22.5 Å². The molecule has 3 unspecified atom stereocenters. The van der Waals surface area contributed by atoms with Crippen LogP contribution in [0.4, 0.5) is 0 Å². The Morgan fingerprint density at radius 2 is 1.74 bits per heavy atom. The van der Waals surface area contributed by atoms with Crippen LogP contribution in [-0.2, 0) is 5.41 Å². The van der Waals surface area contributed by atoms with E-state index >= 15 is 0 Å². The highest BCUT2D eigenvalue weighted by atomic mass is 35.5. The van der Waals surface area contributed by atoms with Gasteiger partial charge in [0.2, 0.25) is 0 Å². The first-order chi connectivity index (χ1) is 10.9. The second-order valence-electron chi connectivity index (χ2n) is 6.98. The monoisotopic (exact) mass is 347 g/mol. The highest BCUT2D eigenvalue weighted by molar-refractivity contribution is 6.31. The third kappa shape index (κ3) is 2.09. The first kappa shape index (κ1) is 15.5.